The van der Waals surface area contributed by atoms with Crippen molar-refractivity contribution in [2.45, 2.75) is 44.8 Å². The minimum Gasteiger partial charge on any atom is -0.490 e. The van der Waals surface area contributed by atoms with E-state index in [1.54, 1.807) is 6.20 Å². The number of likely N-dealkylation sites (tertiary alicyclic amines) is 2. The third kappa shape index (κ3) is 6.02. The highest BCUT2D eigenvalue weighted by Gasteiger charge is 2.26. The smallest absolute Gasteiger partial charge is 0.275 e. The van der Waals surface area contributed by atoms with Crippen molar-refractivity contribution in [1.29, 1.82) is 0 Å². The molecule has 0 spiro atoms. The molecule has 2 aromatic carbocycles. The molecule has 0 atom stereocenters. The average molecular weight is 477 g/mol. The summed E-state index contributed by atoms with van der Waals surface area (Å²) in [5.41, 5.74) is 3.25. The molecule has 1 amide bonds. The SMILES string of the molecule is O=C(c1cnsn1)N1CCC(Oc2ccc(CN3CCC(Cc4ccccc4)CC3)cc2)CC1. The molecule has 34 heavy (non-hydrogen) atoms. The standard InChI is InChI=1S/C27H32N4O2S/c32-27(26-19-28-34-29-26)31-16-12-25(13-17-31)33-24-8-6-23(7-9-24)20-30-14-10-22(11-15-30)18-21-4-2-1-3-5-21/h1-9,19,22,25H,10-18,20H2. The second kappa shape index (κ2) is 11.1. The monoisotopic (exact) mass is 476 g/mol. The molecule has 0 saturated carbocycles. The second-order valence-corrected chi connectivity index (χ2v) is 10.0. The number of rotatable bonds is 7. The number of benzene rings is 2. The van der Waals surface area contributed by atoms with Crippen LogP contribution in [0.3, 0.4) is 0 Å². The molecule has 7 heteroatoms. The summed E-state index contributed by atoms with van der Waals surface area (Å²) in [6.07, 6.45) is 7.12. The van der Waals surface area contributed by atoms with E-state index in [1.165, 1.54) is 43.5 Å². The van der Waals surface area contributed by atoms with Crippen molar-refractivity contribution in [3.05, 3.63) is 77.6 Å². The Balaban J connectivity index is 1.04. The minimum atomic E-state index is -0.0272. The molecule has 0 N–H and O–H groups in total. The molecule has 2 aliphatic rings. The quantitative estimate of drug-likeness (QED) is 0.496. The van der Waals surface area contributed by atoms with E-state index in [9.17, 15) is 4.79 Å². The second-order valence-electron chi connectivity index (χ2n) is 9.46. The zero-order valence-electron chi connectivity index (χ0n) is 19.5. The largest absolute Gasteiger partial charge is 0.490 e. The van der Waals surface area contributed by atoms with Crippen LogP contribution in [0.15, 0.2) is 60.8 Å². The Morgan fingerprint density at radius 1 is 0.912 bits per heavy atom. The Labute approximate surface area is 205 Å². The molecule has 2 fully saturated rings. The van der Waals surface area contributed by atoms with E-state index in [4.69, 9.17) is 4.74 Å². The van der Waals surface area contributed by atoms with Gasteiger partial charge in [-0.3, -0.25) is 9.69 Å². The molecule has 0 bridgehead atoms. The van der Waals surface area contributed by atoms with E-state index < -0.39 is 0 Å². The molecule has 3 heterocycles. The highest BCUT2D eigenvalue weighted by atomic mass is 32.1. The van der Waals surface area contributed by atoms with Crippen LogP contribution in [0.1, 0.15) is 47.3 Å². The van der Waals surface area contributed by atoms with Crippen molar-refractivity contribution in [1.82, 2.24) is 18.5 Å². The highest BCUT2D eigenvalue weighted by molar-refractivity contribution is 6.99. The van der Waals surface area contributed by atoms with Crippen molar-refractivity contribution in [3.8, 4) is 5.75 Å². The van der Waals surface area contributed by atoms with Crippen molar-refractivity contribution in [3.63, 3.8) is 0 Å². The molecule has 0 aliphatic carbocycles. The third-order valence-electron chi connectivity index (χ3n) is 7.02. The Bertz CT molecular complexity index is 1030. The first-order chi connectivity index (χ1) is 16.7. The third-order valence-corrected chi connectivity index (χ3v) is 7.49. The number of amides is 1. The van der Waals surface area contributed by atoms with Crippen LogP contribution in [0, 0.1) is 5.92 Å². The highest BCUT2D eigenvalue weighted by Crippen LogP contribution is 2.24. The van der Waals surface area contributed by atoms with Crippen LogP contribution in [0.25, 0.3) is 0 Å². The summed E-state index contributed by atoms with van der Waals surface area (Å²) in [7, 11) is 0. The molecular weight excluding hydrogens is 444 g/mol. The molecule has 5 rings (SSSR count). The fourth-order valence-electron chi connectivity index (χ4n) is 5.02. The lowest BCUT2D eigenvalue weighted by atomic mass is 9.90. The molecule has 0 unspecified atom stereocenters. The summed E-state index contributed by atoms with van der Waals surface area (Å²) in [4.78, 5) is 16.8. The van der Waals surface area contributed by atoms with Crippen LogP contribution in [-0.2, 0) is 13.0 Å². The maximum atomic E-state index is 12.4. The van der Waals surface area contributed by atoms with Crippen LogP contribution < -0.4 is 4.74 Å². The summed E-state index contributed by atoms with van der Waals surface area (Å²) in [5.74, 6) is 1.69. The van der Waals surface area contributed by atoms with E-state index in [0.29, 0.717) is 18.8 Å². The van der Waals surface area contributed by atoms with Crippen molar-refractivity contribution in [2.24, 2.45) is 5.92 Å². The average Bonchev–Trinajstić information content (AvgIpc) is 3.42. The number of carbonyl (C=O) groups is 1. The van der Waals surface area contributed by atoms with E-state index >= 15 is 0 Å². The fraction of sp³-hybridized carbons (Fsp3) is 0.444. The van der Waals surface area contributed by atoms with Gasteiger partial charge in [-0.15, -0.1) is 0 Å². The lowest BCUT2D eigenvalue weighted by molar-refractivity contribution is 0.0591. The number of nitrogens with zero attached hydrogens (tertiary/aromatic N) is 4. The first kappa shape index (κ1) is 23.0. The van der Waals surface area contributed by atoms with Gasteiger partial charge in [0, 0.05) is 32.5 Å². The number of aromatic nitrogens is 2. The fourth-order valence-corrected chi connectivity index (χ4v) is 5.43. The first-order valence-electron chi connectivity index (χ1n) is 12.3. The Hall–Kier alpha value is -2.77. The van der Waals surface area contributed by atoms with Crippen LogP contribution in [0.5, 0.6) is 5.75 Å². The van der Waals surface area contributed by atoms with Crippen molar-refractivity contribution >= 4 is 17.6 Å². The van der Waals surface area contributed by atoms with Crippen LogP contribution in [-0.4, -0.2) is 56.7 Å². The van der Waals surface area contributed by atoms with Gasteiger partial charge in [0.15, 0.2) is 5.69 Å². The van der Waals surface area contributed by atoms with Gasteiger partial charge in [0.05, 0.1) is 17.9 Å². The maximum Gasteiger partial charge on any atom is 0.275 e. The zero-order valence-corrected chi connectivity index (χ0v) is 20.3. The first-order valence-corrected chi connectivity index (χ1v) is 13.0. The summed E-state index contributed by atoms with van der Waals surface area (Å²) in [5, 5.41) is 0. The van der Waals surface area contributed by atoms with Crippen molar-refractivity contribution < 1.29 is 9.53 Å². The predicted molar refractivity (Wildman–Crippen MR) is 134 cm³/mol. The van der Waals surface area contributed by atoms with Gasteiger partial charge in [0.2, 0.25) is 0 Å². The Morgan fingerprint density at radius 3 is 2.32 bits per heavy atom. The van der Waals surface area contributed by atoms with E-state index in [-0.39, 0.29) is 12.0 Å². The Kier molecular flexibility index (Phi) is 7.51. The number of hydrogen-bond donors (Lipinski definition) is 0. The van der Waals surface area contributed by atoms with Gasteiger partial charge < -0.3 is 9.64 Å². The van der Waals surface area contributed by atoms with Gasteiger partial charge in [-0.1, -0.05) is 42.5 Å². The van der Waals surface area contributed by atoms with Crippen LogP contribution >= 0.6 is 11.7 Å². The molecule has 3 aromatic rings. The van der Waals surface area contributed by atoms with Crippen LogP contribution in [0.2, 0.25) is 0 Å². The van der Waals surface area contributed by atoms with Crippen LogP contribution in [0.4, 0.5) is 0 Å². The summed E-state index contributed by atoms with van der Waals surface area (Å²) >= 11 is 1.07. The van der Waals surface area contributed by atoms with Gasteiger partial charge in [-0.2, -0.15) is 8.75 Å². The minimum absolute atomic E-state index is 0.0272. The molecule has 6 nitrogen and oxygen atoms in total. The lowest BCUT2D eigenvalue weighted by Crippen LogP contribution is -2.41. The summed E-state index contributed by atoms with van der Waals surface area (Å²) in [6.45, 7) is 4.73. The van der Waals surface area contributed by atoms with Gasteiger partial charge in [0.1, 0.15) is 11.9 Å². The summed E-state index contributed by atoms with van der Waals surface area (Å²) in [6, 6.07) is 19.5. The molecule has 2 aliphatic heterocycles. The predicted octanol–water partition coefficient (Wildman–Crippen LogP) is 4.68. The number of piperidine rings is 2. The normalized spacial score (nSPS) is 18.2. The van der Waals surface area contributed by atoms with E-state index in [1.807, 2.05) is 4.90 Å². The molecular formula is C27H32N4O2S. The Morgan fingerprint density at radius 2 is 1.65 bits per heavy atom. The molecule has 178 valence electrons. The zero-order chi connectivity index (χ0) is 23.2. The van der Waals surface area contributed by atoms with Crippen molar-refractivity contribution in [2.75, 3.05) is 26.2 Å². The summed E-state index contributed by atoms with van der Waals surface area (Å²) < 4.78 is 14.2. The molecule has 2 saturated heterocycles. The number of hydrogen-bond acceptors (Lipinski definition) is 6. The van der Waals surface area contributed by atoms with Gasteiger partial charge >= 0.3 is 0 Å². The van der Waals surface area contributed by atoms with Gasteiger partial charge in [0.25, 0.3) is 5.91 Å². The van der Waals surface area contributed by atoms with E-state index in [2.05, 4.69) is 68.2 Å². The lowest BCUT2D eigenvalue weighted by Gasteiger charge is -2.32. The molecule has 1 aromatic heterocycles. The number of ether oxygens (including phenoxy) is 1. The van der Waals surface area contributed by atoms with Gasteiger partial charge in [-0.25, -0.2) is 0 Å². The number of carbonyl (C=O) groups excluding carboxylic acids is 1. The van der Waals surface area contributed by atoms with E-state index in [0.717, 1.165) is 42.8 Å². The maximum absolute atomic E-state index is 12.4. The van der Waals surface area contributed by atoms with Gasteiger partial charge in [-0.05, 0) is 61.5 Å². The topological polar surface area (TPSA) is 58.6 Å². The molecule has 0 radical (unpaired) electrons.